The predicted octanol–water partition coefficient (Wildman–Crippen LogP) is 4.46. The van der Waals surface area contributed by atoms with Gasteiger partial charge in [-0.25, -0.2) is 0 Å². The van der Waals surface area contributed by atoms with Gasteiger partial charge in [0.25, 0.3) is 0 Å². The van der Waals surface area contributed by atoms with Crippen molar-refractivity contribution in [3.05, 3.63) is 64.7 Å². The van der Waals surface area contributed by atoms with E-state index in [-0.39, 0.29) is 6.04 Å². The van der Waals surface area contributed by atoms with Crippen LogP contribution >= 0.6 is 0 Å². The van der Waals surface area contributed by atoms with Crippen molar-refractivity contribution in [1.29, 1.82) is 0 Å². The summed E-state index contributed by atoms with van der Waals surface area (Å²) in [7, 11) is 0. The summed E-state index contributed by atoms with van der Waals surface area (Å²) in [6.45, 7) is 6.43. The summed E-state index contributed by atoms with van der Waals surface area (Å²) in [6, 6.07) is 14.8. The van der Waals surface area contributed by atoms with Crippen LogP contribution in [0.1, 0.15) is 35.2 Å². The van der Waals surface area contributed by atoms with Gasteiger partial charge in [-0.05, 0) is 50.1 Å². The first-order valence-corrected chi connectivity index (χ1v) is 6.50. The minimum absolute atomic E-state index is 0.257. The van der Waals surface area contributed by atoms with Gasteiger partial charge in [-0.3, -0.25) is 0 Å². The number of hydrogen-bond donors (Lipinski definition) is 1. The van der Waals surface area contributed by atoms with Crippen LogP contribution in [0.15, 0.2) is 42.5 Å². The van der Waals surface area contributed by atoms with Gasteiger partial charge in [-0.1, -0.05) is 35.7 Å². The van der Waals surface area contributed by atoms with Crippen molar-refractivity contribution < 1.29 is 0 Å². The van der Waals surface area contributed by atoms with Gasteiger partial charge in [0.15, 0.2) is 0 Å². The molecule has 1 heteroatoms. The van der Waals surface area contributed by atoms with Crippen molar-refractivity contribution in [1.82, 2.24) is 0 Å². The normalized spacial score (nSPS) is 11.7. The molecule has 0 aliphatic carbocycles. The number of hydrogen-bond acceptors (Lipinski definition) is 1. The third-order valence-electron chi connectivity index (χ3n) is 3.31. The highest BCUT2D eigenvalue weighted by Gasteiger charge is 2.08. The van der Waals surface area contributed by atoms with Crippen LogP contribution < -0.4 is 5.32 Å². The Bertz CT molecular complexity index is 620. The Labute approximate surface area is 115 Å². The molecule has 1 atom stereocenters. The first-order chi connectivity index (χ1) is 9.10. The molecule has 2 aromatic rings. The fourth-order valence-electron chi connectivity index (χ4n) is 2.25. The van der Waals surface area contributed by atoms with E-state index in [0.29, 0.717) is 0 Å². The Morgan fingerprint density at radius 1 is 1.11 bits per heavy atom. The van der Waals surface area contributed by atoms with Crippen molar-refractivity contribution in [2.45, 2.75) is 26.8 Å². The second kappa shape index (κ2) is 5.63. The lowest BCUT2D eigenvalue weighted by molar-refractivity contribution is 0.872. The van der Waals surface area contributed by atoms with Crippen LogP contribution in [0, 0.1) is 26.2 Å². The summed E-state index contributed by atoms with van der Waals surface area (Å²) < 4.78 is 0. The Kier molecular flexibility index (Phi) is 3.92. The maximum absolute atomic E-state index is 5.43. The van der Waals surface area contributed by atoms with Crippen molar-refractivity contribution in [3.63, 3.8) is 0 Å². The molecule has 0 aliphatic heterocycles. The van der Waals surface area contributed by atoms with Gasteiger partial charge in [-0.15, -0.1) is 6.42 Å². The van der Waals surface area contributed by atoms with Crippen LogP contribution in [-0.4, -0.2) is 0 Å². The Morgan fingerprint density at radius 3 is 2.63 bits per heavy atom. The summed E-state index contributed by atoms with van der Waals surface area (Å²) in [5, 5.41) is 3.51. The first-order valence-electron chi connectivity index (χ1n) is 6.50. The second-order valence-corrected chi connectivity index (χ2v) is 4.95. The standard InChI is InChI=1S/C18H19N/c1-5-16-7-6-8-17(12-16)19-15(4)18-11-13(2)9-10-14(18)3/h1,6-12,15,19H,2-4H3. The zero-order valence-corrected chi connectivity index (χ0v) is 11.7. The van der Waals surface area contributed by atoms with Gasteiger partial charge < -0.3 is 5.32 Å². The third kappa shape index (κ3) is 3.17. The van der Waals surface area contributed by atoms with Gasteiger partial charge in [-0.2, -0.15) is 0 Å². The molecule has 1 nitrogen and oxygen atoms in total. The molecular formula is C18H19N. The van der Waals surface area contributed by atoms with Crippen LogP contribution in [0.3, 0.4) is 0 Å². The molecule has 0 aliphatic rings. The molecule has 0 saturated carbocycles. The number of aryl methyl sites for hydroxylation is 2. The van der Waals surface area contributed by atoms with E-state index in [9.17, 15) is 0 Å². The monoisotopic (exact) mass is 249 g/mol. The van der Waals surface area contributed by atoms with Gasteiger partial charge in [0.2, 0.25) is 0 Å². The molecule has 2 rings (SSSR count). The van der Waals surface area contributed by atoms with Crippen LogP contribution in [0.4, 0.5) is 5.69 Å². The number of anilines is 1. The molecule has 0 bridgehead atoms. The van der Waals surface area contributed by atoms with Crippen molar-refractivity contribution >= 4 is 5.69 Å². The molecule has 0 saturated heterocycles. The molecule has 0 heterocycles. The summed E-state index contributed by atoms with van der Waals surface area (Å²) in [5.74, 6) is 2.66. The predicted molar refractivity (Wildman–Crippen MR) is 82.3 cm³/mol. The zero-order valence-electron chi connectivity index (χ0n) is 11.7. The molecule has 1 N–H and O–H groups in total. The maximum atomic E-state index is 5.43. The molecule has 19 heavy (non-hydrogen) atoms. The van der Waals surface area contributed by atoms with E-state index in [1.807, 2.05) is 24.3 Å². The molecule has 0 amide bonds. The van der Waals surface area contributed by atoms with E-state index in [2.05, 4.69) is 50.2 Å². The summed E-state index contributed by atoms with van der Waals surface area (Å²) in [5.41, 5.74) is 5.87. The van der Waals surface area contributed by atoms with Crippen LogP contribution in [-0.2, 0) is 0 Å². The van der Waals surface area contributed by atoms with Gasteiger partial charge in [0.05, 0.1) is 0 Å². The van der Waals surface area contributed by atoms with Gasteiger partial charge in [0, 0.05) is 17.3 Å². The molecule has 0 fully saturated rings. The molecule has 2 aromatic carbocycles. The van der Waals surface area contributed by atoms with Crippen molar-refractivity contribution in [2.24, 2.45) is 0 Å². The molecule has 0 aromatic heterocycles. The Hall–Kier alpha value is -2.20. The van der Waals surface area contributed by atoms with Gasteiger partial charge in [0.1, 0.15) is 0 Å². The topological polar surface area (TPSA) is 12.0 Å². The van der Waals surface area contributed by atoms with Crippen molar-refractivity contribution in [3.8, 4) is 12.3 Å². The van der Waals surface area contributed by atoms with Crippen LogP contribution in [0.25, 0.3) is 0 Å². The third-order valence-corrected chi connectivity index (χ3v) is 3.31. The largest absolute Gasteiger partial charge is 0.378 e. The highest BCUT2D eigenvalue weighted by molar-refractivity contribution is 5.51. The lowest BCUT2D eigenvalue weighted by Gasteiger charge is -2.18. The lowest BCUT2D eigenvalue weighted by atomic mass is 10.00. The molecular weight excluding hydrogens is 230 g/mol. The average molecular weight is 249 g/mol. The highest BCUT2D eigenvalue weighted by Crippen LogP contribution is 2.23. The number of nitrogens with one attached hydrogen (secondary N) is 1. The Morgan fingerprint density at radius 2 is 1.89 bits per heavy atom. The van der Waals surface area contributed by atoms with E-state index < -0.39 is 0 Å². The van der Waals surface area contributed by atoms with E-state index in [0.717, 1.165) is 11.3 Å². The van der Waals surface area contributed by atoms with Crippen LogP contribution in [0.5, 0.6) is 0 Å². The van der Waals surface area contributed by atoms with E-state index in [1.165, 1.54) is 16.7 Å². The summed E-state index contributed by atoms with van der Waals surface area (Å²) >= 11 is 0. The maximum Gasteiger partial charge on any atom is 0.0488 e. The average Bonchev–Trinajstić information content (AvgIpc) is 2.41. The minimum atomic E-state index is 0.257. The number of benzene rings is 2. The quantitative estimate of drug-likeness (QED) is 0.792. The highest BCUT2D eigenvalue weighted by atomic mass is 14.9. The van der Waals surface area contributed by atoms with Crippen molar-refractivity contribution in [2.75, 3.05) is 5.32 Å². The molecule has 1 unspecified atom stereocenters. The zero-order chi connectivity index (χ0) is 13.8. The molecule has 0 radical (unpaired) electrons. The first kappa shape index (κ1) is 13.2. The summed E-state index contributed by atoms with van der Waals surface area (Å²) in [4.78, 5) is 0. The van der Waals surface area contributed by atoms with Crippen LogP contribution in [0.2, 0.25) is 0 Å². The SMILES string of the molecule is C#Cc1cccc(NC(C)c2cc(C)ccc2C)c1. The minimum Gasteiger partial charge on any atom is -0.378 e. The molecule has 96 valence electrons. The van der Waals surface area contributed by atoms with E-state index >= 15 is 0 Å². The Balaban J connectivity index is 2.23. The smallest absolute Gasteiger partial charge is 0.0488 e. The summed E-state index contributed by atoms with van der Waals surface area (Å²) in [6.07, 6.45) is 5.43. The number of rotatable bonds is 3. The number of terminal acetylenes is 1. The second-order valence-electron chi connectivity index (χ2n) is 4.95. The fraction of sp³-hybridized carbons (Fsp3) is 0.222. The van der Waals surface area contributed by atoms with E-state index in [1.54, 1.807) is 0 Å². The van der Waals surface area contributed by atoms with E-state index in [4.69, 9.17) is 6.42 Å². The molecule has 0 spiro atoms. The fourth-order valence-corrected chi connectivity index (χ4v) is 2.25. The van der Waals surface area contributed by atoms with Gasteiger partial charge >= 0.3 is 0 Å². The lowest BCUT2D eigenvalue weighted by Crippen LogP contribution is -2.08.